The number of rotatable bonds is 1. The number of hydrogen-bond donors (Lipinski definition) is 0. The van der Waals surface area contributed by atoms with Crippen molar-refractivity contribution in [3.63, 3.8) is 0 Å². The van der Waals surface area contributed by atoms with Gasteiger partial charge in [0.15, 0.2) is 5.17 Å². The zero-order valence-corrected chi connectivity index (χ0v) is 7.70. The van der Waals surface area contributed by atoms with Crippen LogP contribution in [-0.2, 0) is 0 Å². The van der Waals surface area contributed by atoms with Crippen molar-refractivity contribution in [3.05, 3.63) is 35.8 Å². The number of nitrogens with zero attached hydrogens (tertiary/aromatic N) is 2. The largest absolute Gasteiger partial charge is 0.467 e. The van der Waals surface area contributed by atoms with Crippen LogP contribution in [0.2, 0.25) is 0 Å². The third-order valence-corrected chi connectivity index (χ3v) is 2.98. The van der Waals surface area contributed by atoms with Crippen LogP contribution in [0.5, 0.6) is 0 Å². The van der Waals surface area contributed by atoms with Crippen molar-refractivity contribution in [2.24, 2.45) is 4.99 Å². The van der Waals surface area contributed by atoms with Gasteiger partial charge in [0.1, 0.15) is 11.8 Å². The van der Waals surface area contributed by atoms with Crippen LogP contribution in [0.3, 0.4) is 0 Å². The van der Waals surface area contributed by atoms with E-state index in [1.165, 1.54) is 0 Å². The van der Waals surface area contributed by atoms with Crippen molar-refractivity contribution >= 4 is 16.9 Å². The summed E-state index contributed by atoms with van der Waals surface area (Å²) >= 11 is 1.67. The molecule has 0 spiro atoms. The molecule has 2 aliphatic rings. The lowest BCUT2D eigenvalue weighted by Gasteiger charge is -2.08. The zero-order chi connectivity index (χ0) is 8.67. The molecule has 0 radical (unpaired) electrons. The monoisotopic (exact) mass is 192 g/mol. The second-order valence-corrected chi connectivity index (χ2v) is 3.87. The topological polar surface area (TPSA) is 28.7 Å². The van der Waals surface area contributed by atoms with E-state index in [0.29, 0.717) is 0 Å². The number of aliphatic imine (C=N–C) groups is 1. The summed E-state index contributed by atoms with van der Waals surface area (Å²) in [6.45, 7) is 0.909. The summed E-state index contributed by atoms with van der Waals surface area (Å²) in [6, 6.07) is 4.06. The molecule has 0 saturated heterocycles. The van der Waals surface area contributed by atoms with Crippen LogP contribution in [0.4, 0.5) is 0 Å². The van der Waals surface area contributed by atoms with Crippen molar-refractivity contribution in [2.75, 3.05) is 6.54 Å². The van der Waals surface area contributed by atoms with E-state index >= 15 is 0 Å². The van der Waals surface area contributed by atoms with Gasteiger partial charge in [0.25, 0.3) is 0 Å². The highest BCUT2D eigenvalue weighted by atomic mass is 32.2. The maximum absolute atomic E-state index is 5.32. The fourth-order valence-electron chi connectivity index (χ4n) is 1.53. The summed E-state index contributed by atoms with van der Waals surface area (Å²) in [4.78, 5) is 6.69. The van der Waals surface area contributed by atoms with Crippen molar-refractivity contribution in [2.45, 2.75) is 6.04 Å². The fraction of sp³-hybridized carbons (Fsp3) is 0.222. The molecular formula is C9H8N2OS. The van der Waals surface area contributed by atoms with Gasteiger partial charge < -0.3 is 9.32 Å². The van der Waals surface area contributed by atoms with Gasteiger partial charge in [0, 0.05) is 6.20 Å². The predicted molar refractivity (Wildman–Crippen MR) is 52.3 cm³/mol. The second kappa shape index (κ2) is 2.67. The first-order valence-electron chi connectivity index (χ1n) is 4.15. The molecule has 13 heavy (non-hydrogen) atoms. The molecule has 0 bridgehead atoms. The molecule has 3 heterocycles. The molecule has 1 aromatic heterocycles. The van der Waals surface area contributed by atoms with E-state index in [2.05, 4.69) is 21.5 Å². The van der Waals surface area contributed by atoms with Gasteiger partial charge in [-0.15, -0.1) is 0 Å². The first-order valence-corrected chi connectivity index (χ1v) is 5.02. The minimum Gasteiger partial charge on any atom is -0.467 e. The highest BCUT2D eigenvalue weighted by Crippen LogP contribution is 2.32. The molecule has 0 aromatic carbocycles. The Balaban J connectivity index is 1.88. The Kier molecular flexibility index (Phi) is 1.49. The molecule has 4 heteroatoms. The number of furan rings is 1. The maximum atomic E-state index is 5.32. The third-order valence-electron chi connectivity index (χ3n) is 2.17. The lowest BCUT2D eigenvalue weighted by molar-refractivity contribution is 0.445. The summed E-state index contributed by atoms with van der Waals surface area (Å²) in [6.07, 6.45) is 3.76. The molecule has 1 atom stereocenters. The van der Waals surface area contributed by atoms with E-state index in [0.717, 1.165) is 17.5 Å². The molecule has 66 valence electrons. The van der Waals surface area contributed by atoms with E-state index in [1.54, 1.807) is 18.0 Å². The predicted octanol–water partition coefficient (Wildman–Crippen LogP) is 2.21. The van der Waals surface area contributed by atoms with E-state index < -0.39 is 0 Å². The summed E-state index contributed by atoms with van der Waals surface area (Å²) in [5.74, 6) is 0.955. The molecule has 1 aromatic rings. The summed E-state index contributed by atoms with van der Waals surface area (Å²) in [5.41, 5.74) is 0. The summed E-state index contributed by atoms with van der Waals surface area (Å²) in [7, 11) is 0. The molecule has 0 fully saturated rings. The van der Waals surface area contributed by atoms with Crippen LogP contribution in [0.25, 0.3) is 0 Å². The van der Waals surface area contributed by atoms with Gasteiger partial charge in [-0.2, -0.15) is 0 Å². The van der Waals surface area contributed by atoms with Crippen LogP contribution < -0.4 is 0 Å². The van der Waals surface area contributed by atoms with Crippen molar-refractivity contribution in [3.8, 4) is 0 Å². The minimum absolute atomic E-state index is 0.183. The normalized spacial score (nSPS) is 25.1. The lowest BCUT2D eigenvalue weighted by Crippen LogP contribution is -2.15. The molecule has 0 saturated carbocycles. The van der Waals surface area contributed by atoms with Crippen molar-refractivity contribution in [1.82, 2.24) is 4.90 Å². The maximum Gasteiger partial charge on any atom is 0.168 e. The lowest BCUT2D eigenvalue weighted by atomic mass is 10.2. The van der Waals surface area contributed by atoms with Gasteiger partial charge in [-0.3, -0.25) is 0 Å². The number of hydrogen-bond acceptors (Lipinski definition) is 4. The highest BCUT2D eigenvalue weighted by Gasteiger charge is 2.28. The van der Waals surface area contributed by atoms with Gasteiger partial charge in [0.05, 0.1) is 12.8 Å². The van der Waals surface area contributed by atoms with Crippen LogP contribution in [0.1, 0.15) is 11.8 Å². The Morgan fingerprint density at radius 3 is 3.38 bits per heavy atom. The van der Waals surface area contributed by atoms with E-state index in [4.69, 9.17) is 4.42 Å². The standard InChI is InChI=1S/C9H8N2OS/c1-2-8(12-4-1)7-6-11-3-5-13-9(11)10-7/h1-5,7H,6H2. The van der Waals surface area contributed by atoms with Gasteiger partial charge in [-0.05, 0) is 17.5 Å². The number of fused-ring (bicyclic) bond motifs is 1. The van der Waals surface area contributed by atoms with Crippen LogP contribution in [0, 0.1) is 0 Å². The summed E-state index contributed by atoms with van der Waals surface area (Å²) in [5, 5.41) is 3.14. The van der Waals surface area contributed by atoms with Crippen LogP contribution in [-0.4, -0.2) is 16.6 Å². The second-order valence-electron chi connectivity index (χ2n) is 3.00. The number of thioether (sulfide) groups is 1. The summed E-state index contributed by atoms with van der Waals surface area (Å²) < 4.78 is 5.32. The molecule has 0 amide bonds. The third kappa shape index (κ3) is 1.09. The van der Waals surface area contributed by atoms with E-state index in [-0.39, 0.29) is 6.04 Å². The Bertz CT molecular complexity index is 369. The average Bonchev–Trinajstić information content (AvgIpc) is 2.78. The molecule has 0 N–H and O–H groups in total. The molecule has 2 aliphatic heterocycles. The van der Waals surface area contributed by atoms with Gasteiger partial charge in [-0.25, -0.2) is 4.99 Å². The van der Waals surface area contributed by atoms with Crippen molar-refractivity contribution < 1.29 is 4.42 Å². The Hall–Kier alpha value is -1.16. The van der Waals surface area contributed by atoms with E-state index in [9.17, 15) is 0 Å². The molecule has 0 aliphatic carbocycles. The molecule has 3 rings (SSSR count). The fourth-order valence-corrected chi connectivity index (χ4v) is 2.32. The Labute approximate surface area is 80.1 Å². The smallest absolute Gasteiger partial charge is 0.168 e. The quantitative estimate of drug-likeness (QED) is 0.683. The first kappa shape index (κ1) is 7.26. The van der Waals surface area contributed by atoms with Crippen molar-refractivity contribution in [1.29, 1.82) is 0 Å². The minimum atomic E-state index is 0.183. The van der Waals surface area contributed by atoms with E-state index in [1.807, 2.05) is 12.1 Å². The molecule has 1 unspecified atom stereocenters. The molecule has 3 nitrogen and oxygen atoms in total. The SMILES string of the molecule is C1=CN2CC(c3ccco3)N=C2S1. The Morgan fingerprint density at radius 2 is 2.62 bits per heavy atom. The zero-order valence-electron chi connectivity index (χ0n) is 6.88. The highest BCUT2D eigenvalue weighted by molar-refractivity contribution is 8.16. The average molecular weight is 192 g/mol. The van der Waals surface area contributed by atoms with Crippen LogP contribution >= 0.6 is 11.8 Å². The van der Waals surface area contributed by atoms with Gasteiger partial charge >= 0.3 is 0 Å². The first-order chi connectivity index (χ1) is 6.43. The Morgan fingerprint density at radius 1 is 1.62 bits per heavy atom. The number of amidine groups is 1. The molecular weight excluding hydrogens is 184 g/mol. The van der Waals surface area contributed by atoms with Gasteiger partial charge in [0.2, 0.25) is 0 Å². The van der Waals surface area contributed by atoms with Gasteiger partial charge in [-0.1, -0.05) is 11.8 Å². The van der Waals surface area contributed by atoms with Crippen LogP contribution in [0.15, 0.2) is 39.4 Å².